The summed E-state index contributed by atoms with van der Waals surface area (Å²) < 4.78 is 0. The molecule has 2 heterocycles. The summed E-state index contributed by atoms with van der Waals surface area (Å²) in [5.74, 6) is -0.544. The fourth-order valence-electron chi connectivity index (χ4n) is 3.13. The topological polar surface area (TPSA) is 66.6 Å². The number of carbonyl (C=O) groups is 2. The van der Waals surface area contributed by atoms with Crippen molar-refractivity contribution in [2.75, 3.05) is 26.2 Å². The van der Waals surface area contributed by atoms with Crippen LogP contribution in [-0.4, -0.2) is 53.8 Å². The normalized spacial score (nSPS) is 28.9. The molecule has 2 amide bonds. The van der Waals surface area contributed by atoms with Crippen molar-refractivity contribution in [1.29, 1.82) is 0 Å². The molecule has 0 aromatic heterocycles. The molecule has 2 saturated heterocycles. The van der Waals surface area contributed by atoms with Gasteiger partial charge in [-0.15, -0.1) is 0 Å². The van der Waals surface area contributed by atoms with Crippen molar-refractivity contribution in [3.8, 4) is 0 Å². The summed E-state index contributed by atoms with van der Waals surface area (Å²) >= 11 is 0. The standard InChI is InChI=1S/C14H25N3O2/c1-11-5-2-3-6-16(11)7-4-8-17-10-12(14(15)19)9-13(17)18/h11-12H,2-10H2,1H3,(H2,15,19). The van der Waals surface area contributed by atoms with Crippen molar-refractivity contribution in [2.45, 2.75) is 45.1 Å². The third-order valence-corrected chi connectivity index (χ3v) is 4.43. The maximum atomic E-state index is 11.7. The molecule has 0 aromatic rings. The number of nitrogens with two attached hydrogens (primary N) is 1. The zero-order valence-electron chi connectivity index (χ0n) is 11.8. The Morgan fingerprint density at radius 2 is 2.16 bits per heavy atom. The van der Waals surface area contributed by atoms with E-state index in [-0.39, 0.29) is 17.7 Å². The van der Waals surface area contributed by atoms with Crippen LogP contribution in [-0.2, 0) is 9.59 Å². The monoisotopic (exact) mass is 267 g/mol. The summed E-state index contributed by atoms with van der Waals surface area (Å²) in [6.07, 6.45) is 5.20. The molecule has 108 valence electrons. The van der Waals surface area contributed by atoms with Crippen LogP contribution in [0.4, 0.5) is 0 Å². The quantitative estimate of drug-likeness (QED) is 0.792. The lowest BCUT2D eigenvalue weighted by Gasteiger charge is -2.33. The Morgan fingerprint density at radius 1 is 1.37 bits per heavy atom. The first kappa shape index (κ1) is 14.3. The summed E-state index contributed by atoms with van der Waals surface area (Å²) in [6, 6.07) is 0.668. The van der Waals surface area contributed by atoms with Gasteiger partial charge in [0, 0.05) is 32.1 Å². The fourth-order valence-corrected chi connectivity index (χ4v) is 3.13. The lowest BCUT2D eigenvalue weighted by Crippen LogP contribution is -2.39. The van der Waals surface area contributed by atoms with Crippen LogP contribution in [0.25, 0.3) is 0 Å². The SMILES string of the molecule is CC1CCCCN1CCCN1CC(C(N)=O)CC1=O. The Balaban J connectivity index is 1.71. The van der Waals surface area contributed by atoms with Gasteiger partial charge in [0.05, 0.1) is 5.92 Å². The van der Waals surface area contributed by atoms with E-state index in [0.717, 1.165) is 19.5 Å². The van der Waals surface area contributed by atoms with Crippen molar-refractivity contribution in [3.05, 3.63) is 0 Å². The number of piperidine rings is 1. The predicted octanol–water partition coefficient (Wildman–Crippen LogP) is 0.585. The molecule has 0 radical (unpaired) electrons. The number of amides is 2. The van der Waals surface area contributed by atoms with Crippen LogP contribution >= 0.6 is 0 Å². The Morgan fingerprint density at radius 3 is 2.79 bits per heavy atom. The van der Waals surface area contributed by atoms with Crippen LogP contribution in [0.5, 0.6) is 0 Å². The summed E-state index contributed by atoms with van der Waals surface area (Å²) in [4.78, 5) is 27.1. The molecule has 19 heavy (non-hydrogen) atoms. The molecule has 0 aliphatic carbocycles. The molecular formula is C14H25N3O2. The third kappa shape index (κ3) is 3.69. The van der Waals surface area contributed by atoms with Gasteiger partial charge in [-0.25, -0.2) is 0 Å². The maximum Gasteiger partial charge on any atom is 0.223 e. The molecule has 2 fully saturated rings. The zero-order valence-corrected chi connectivity index (χ0v) is 11.8. The van der Waals surface area contributed by atoms with Gasteiger partial charge >= 0.3 is 0 Å². The van der Waals surface area contributed by atoms with Crippen molar-refractivity contribution in [1.82, 2.24) is 9.80 Å². The second-order valence-corrected chi connectivity index (χ2v) is 5.88. The second-order valence-electron chi connectivity index (χ2n) is 5.88. The fraction of sp³-hybridized carbons (Fsp3) is 0.857. The number of nitrogens with zero attached hydrogens (tertiary/aromatic N) is 2. The van der Waals surface area contributed by atoms with Gasteiger partial charge in [-0.05, 0) is 32.7 Å². The summed E-state index contributed by atoms with van der Waals surface area (Å²) in [5, 5.41) is 0. The van der Waals surface area contributed by atoms with E-state index in [9.17, 15) is 9.59 Å². The summed E-state index contributed by atoms with van der Waals surface area (Å²) in [7, 11) is 0. The molecule has 0 bridgehead atoms. The van der Waals surface area contributed by atoms with Crippen LogP contribution < -0.4 is 5.73 Å². The highest BCUT2D eigenvalue weighted by Gasteiger charge is 2.32. The molecule has 5 heteroatoms. The Labute approximate surface area is 115 Å². The highest BCUT2D eigenvalue weighted by molar-refractivity contribution is 5.88. The summed E-state index contributed by atoms with van der Waals surface area (Å²) in [5.41, 5.74) is 5.26. The minimum absolute atomic E-state index is 0.0792. The largest absolute Gasteiger partial charge is 0.369 e. The van der Waals surface area contributed by atoms with Gasteiger partial charge in [0.2, 0.25) is 11.8 Å². The minimum Gasteiger partial charge on any atom is -0.369 e. The van der Waals surface area contributed by atoms with Crippen molar-refractivity contribution < 1.29 is 9.59 Å². The van der Waals surface area contributed by atoms with Gasteiger partial charge in [0.15, 0.2) is 0 Å². The lowest BCUT2D eigenvalue weighted by molar-refractivity contribution is -0.128. The third-order valence-electron chi connectivity index (χ3n) is 4.43. The van der Waals surface area contributed by atoms with E-state index in [2.05, 4.69) is 11.8 Å². The van der Waals surface area contributed by atoms with Gasteiger partial charge in [-0.1, -0.05) is 6.42 Å². The van der Waals surface area contributed by atoms with E-state index in [1.54, 1.807) is 4.90 Å². The first-order chi connectivity index (χ1) is 9.08. The highest BCUT2D eigenvalue weighted by Crippen LogP contribution is 2.19. The average molecular weight is 267 g/mol. The maximum absolute atomic E-state index is 11.7. The Bertz CT molecular complexity index is 346. The Hall–Kier alpha value is -1.10. The minimum atomic E-state index is -0.347. The molecule has 5 nitrogen and oxygen atoms in total. The first-order valence-corrected chi connectivity index (χ1v) is 7.39. The van der Waals surface area contributed by atoms with Crippen LogP contribution in [0.2, 0.25) is 0 Å². The smallest absolute Gasteiger partial charge is 0.223 e. The molecular weight excluding hydrogens is 242 g/mol. The molecule has 0 aromatic carbocycles. The van der Waals surface area contributed by atoms with E-state index in [4.69, 9.17) is 5.73 Å². The number of rotatable bonds is 5. The molecule has 2 atom stereocenters. The van der Waals surface area contributed by atoms with E-state index >= 15 is 0 Å². The number of hydrogen-bond donors (Lipinski definition) is 1. The van der Waals surface area contributed by atoms with E-state index in [0.29, 0.717) is 19.0 Å². The first-order valence-electron chi connectivity index (χ1n) is 7.39. The van der Waals surface area contributed by atoms with Gasteiger partial charge in [0.25, 0.3) is 0 Å². The number of hydrogen-bond acceptors (Lipinski definition) is 3. The molecule has 2 N–H and O–H groups in total. The van der Waals surface area contributed by atoms with Gasteiger partial charge in [-0.2, -0.15) is 0 Å². The molecule has 2 rings (SSSR count). The molecule has 0 spiro atoms. The van der Waals surface area contributed by atoms with Crippen LogP contribution in [0.1, 0.15) is 39.0 Å². The Kier molecular flexibility index (Phi) is 4.80. The second kappa shape index (κ2) is 6.37. The van der Waals surface area contributed by atoms with Crippen molar-refractivity contribution in [2.24, 2.45) is 11.7 Å². The molecule has 2 aliphatic heterocycles. The zero-order chi connectivity index (χ0) is 13.8. The van der Waals surface area contributed by atoms with Crippen LogP contribution in [0.15, 0.2) is 0 Å². The van der Waals surface area contributed by atoms with E-state index < -0.39 is 0 Å². The molecule has 2 aliphatic rings. The molecule has 2 unspecified atom stereocenters. The van der Waals surface area contributed by atoms with Crippen LogP contribution in [0, 0.1) is 5.92 Å². The van der Waals surface area contributed by atoms with Gasteiger partial charge in [0.1, 0.15) is 0 Å². The van der Waals surface area contributed by atoms with Gasteiger partial charge < -0.3 is 15.5 Å². The lowest BCUT2D eigenvalue weighted by atomic mass is 10.0. The van der Waals surface area contributed by atoms with Crippen molar-refractivity contribution in [3.63, 3.8) is 0 Å². The van der Waals surface area contributed by atoms with E-state index in [1.807, 2.05) is 0 Å². The van der Waals surface area contributed by atoms with Crippen LogP contribution in [0.3, 0.4) is 0 Å². The highest BCUT2D eigenvalue weighted by atomic mass is 16.2. The number of likely N-dealkylation sites (tertiary alicyclic amines) is 2. The predicted molar refractivity (Wildman–Crippen MR) is 73.4 cm³/mol. The van der Waals surface area contributed by atoms with E-state index in [1.165, 1.54) is 25.8 Å². The number of carbonyl (C=O) groups excluding carboxylic acids is 2. The van der Waals surface area contributed by atoms with Gasteiger partial charge in [-0.3, -0.25) is 9.59 Å². The number of primary amides is 1. The molecule has 0 saturated carbocycles. The average Bonchev–Trinajstić information content (AvgIpc) is 2.74. The summed E-state index contributed by atoms with van der Waals surface area (Å²) in [6.45, 7) is 5.78. The van der Waals surface area contributed by atoms with Crippen molar-refractivity contribution >= 4 is 11.8 Å².